The van der Waals surface area contributed by atoms with Gasteiger partial charge < -0.3 is 14.4 Å². The third-order valence-electron chi connectivity index (χ3n) is 3.89. The average Bonchev–Trinajstić information content (AvgIpc) is 3.07. The van der Waals surface area contributed by atoms with Crippen LogP contribution in [0.25, 0.3) is 0 Å². The number of nitrogens with zero attached hydrogens (tertiary/aromatic N) is 1. The Hall–Kier alpha value is -2.67. The maximum absolute atomic E-state index is 12.0. The normalized spacial score (nSPS) is 19.6. The van der Waals surface area contributed by atoms with Gasteiger partial charge in [-0.25, -0.2) is 4.79 Å². The van der Waals surface area contributed by atoms with Crippen LogP contribution in [0, 0.1) is 6.92 Å². The molecule has 1 saturated heterocycles. The van der Waals surface area contributed by atoms with E-state index < -0.39 is 5.91 Å². The third-order valence-corrected chi connectivity index (χ3v) is 3.89. The van der Waals surface area contributed by atoms with E-state index >= 15 is 0 Å². The van der Waals surface area contributed by atoms with Gasteiger partial charge in [-0.15, -0.1) is 0 Å². The first-order valence-corrected chi connectivity index (χ1v) is 8.03. The fourth-order valence-electron chi connectivity index (χ4n) is 2.44. The summed E-state index contributed by atoms with van der Waals surface area (Å²) in [6, 6.07) is 7.19. The van der Waals surface area contributed by atoms with Crippen molar-refractivity contribution < 1.29 is 23.9 Å². The summed E-state index contributed by atoms with van der Waals surface area (Å²) in [6.45, 7) is 2.14. The first-order chi connectivity index (χ1) is 12.0. The van der Waals surface area contributed by atoms with Crippen LogP contribution in [0.4, 0.5) is 0 Å². The van der Waals surface area contributed by atoms with Crippen molar-refractivity contribution in [1.29, 1.82) is 0 Å². The molecule has 0 saturated carbocycles. The molecule has 1 aliphatic rings. The van der Waals surface area contributed by atoms with Gasteiger partial charge in [-0.3, -0.25) is 14.9 Å². The predicted molar refractivity (Wildman–Crippen MR) is 90.5 cm³/mol. The predicted octanol–water partition coefficient (Wildman–Crippen LogP) is 1.38. The molecule has 7 nitrogen and oxygen atoms in total. The first-order valence-electron chi connectivity index (χ1n) is 8.03. The number of carbonyl (C=O) groups is 3. The summed E-state index contributed by atoms with van der Waals surface area (Å²) < 4.78 is 11.1. The Morgan fingerprint density at radius 2 is 2.04 bits per heavy atom. The molecule has 0 spiro atoms. The van der Waals surface area contributed by atoms with Crippen molar-refractivity contribution in [1.82, 2.24) is 10.2 Å². The van der Waals surface area contributed by atoms with Crippen molar-refractivity contribution in [3.63, 3.8) is 0 Å². The molecule has 2 unspecified atom stereocenters. The topological polar surface area (TPSA) is 84.9 Å². The van der Waals surface area contributed by atoms with Gasteiger partial charge in [0.2, 0.25) is 6.41 Å². The lowest BCUT2D eigenvalue weighted by Gasteiger charge is -2.22. The zero-order valence-corrected chi connectivity index (χ0v) is 14.3. The van der Waals surface area contributed by atoms with Crippen LogP contribution in [-0.4, -0.2) is 49.2 Å². The Kier molecular flexibility index (Phi) is 6.71. The minimum atomic E-state index is -0.497. The second-order valence-corrected chi connectivity index (χ2v) is 5.86. The largest absolute Gasteiger partial charge is 0.459 e. The fourth-order valence-corrected chi connectivity index (χ4v) is 2.44. The van der Waals surface area contributed by atoms with Crippen molar-refractivity contribution in [3.8, 4) is 0 Å². The van der Waals surface area contributed by atoms with Crippen molar-refractivity contribution >= 4 is 18.3 Å². The Labute approximate surface area is 146 Å². The summed E-state index contributed by atoms with van der Waals surface area (Å²) in [5.41, 5.74) is 1.60. The summed E-state index contributed by atoms with van der Waals surface area (Å²) in [5, 5.41) is 2.02. The number of carbonyl (C=O) groups excluding carboxylic acids is 3. The first kappa shape index (κ1) is 18.7. The van der Waals surface area contributed by atoms with Gasteiger partial charge in [0, 0.05) is 19.3 Å². The Balaban J connectivity index is 1.76. The number of ether oxygens (including phenoxy) is 2. The highest BCUT2D eigenvalue weighted by Crippen LogP contribution is 2.22. The minimum Gasteiger partial charge on any atom is -0.459 e. The Morgan fingerprint density at radius 1 is 1.32 bits per heavy atom. The Morgan fingerprint density at radius 3 is 2.72 bits per heavy atom. The number of hydrogen-bond donors (Lipinski definition) is 1. The van der Waals surface area contributed by atoms with Crippen LogP contribution in [0.1, 0.15) is 28.8 Å². The van der Waals surface area contributed by atoms with Crippen LogP contribution >= 0.6 is 0 Å². The molecule has 1 aromatic carbocycles. The maximum Gasteiger partial charge on any atom is 0.338 e. The molecule has 1 N–H and O–H groups in total. The number of amides is 2. The van der Waals surface area contributed by atoms with Crippen molar-refractivity contribution in [3.05, 3.63) is 47.7 Å². The third kappa shape index (κ3) is 5.72. The summed E-state index contributed by atoms with van der Waals surface area (Å²) >= 11 is 0. The van der Waals surface area contributed by atoms with E-state index in [2.05, 4.69) is 0 Å². The number of rotatable bonds is 7. The molecule has 0 radical (unpaired) electrons. The van der Waals surface area contributed by atoms with Crippen LogP contribution in [0.15, 0.2) is 36.5 Å². The minimum absolute atomic E-state index is 0.181. The maximum atomic E-state index is 12.0. The van der Waals surface area contributed by atoms with Gasteiger partial charge in [0.25, 0.3) is 5.91 Å². The van der Waals surface area contributed by atoms with Gasteiger partial charge in [-0.2, -0.15) is 0 Å². The number of imide groups is 1. The van der Waals surface area contributed by atoms with Crippen LogP contribution in [0.5, 0.6) is 0 Å². The second-order valence-electron chi connectivity index (χ2n) is 5.86. The number of nitrogens with one attached hydrogen (secondary N) is 1. The van der Waals surface area contributed by atoms with Crippen LogP contribution in [-0.2, 0) is 19.1 Å². The van der Waals surface area contributed by atoms with E-state index in [1.165, 1.54) is 6.08 Å². The highest BCUT2D eigenvalue weighted by molar-refractivity contribution is 5.94. The van der Waals surface area contributed by atoms with E-state index in [9.17, 15) is 14.4 Å². The molecule has 1 fully saturated rings. The number of esters is 1. The monoisotopic (exact) mass is 346 g/mol. The SMILES string of the molecule is Cc1ccc(C(=O)OCC2CCC(N(C)/C=C\C(=O)NC=O)O2)cc1. The van der Waals surface area contributed by atoms with Crippen molar-refractivity contribution in [2.24, 2.45) is 0 Å². The molecule has 0 bridgehead atoms. The van der Waals surface area contributed by atoms with Crippen LogP contribution in [0.2, 0.25) is 0 Å². The van der Waals surface area contributed by atoms with E-state index in [4.69, 9.17) is 9.47 Å². The summed E-state index contributed by atoms with van der Waals surface area (Å²) in [4.78, 5) is 35.1. The lowest BCUT2D eigenvalue weighted by Crippen LogP contribution is -2.29. The zero-order valence-electron chi connectivity index (χ0n) is 14.3. The fraction of sp³-hybridized carbons (Fsp3) is 0.389. The lowest BCUT2D eigenvalue weighted by molar-refractivity contribution is -0.121. The lowest BCUT2D eigenvalue weighted by atomic mass is 10.1. The van der Waals surface area contributed by atoms with Crippen LogP contribution < -0.4 is 5.32 Å². The number of benzene rings is 1. The number of aryl methyl sites for hydroxylation is 1. The van der Waals surface area contributed by atoms with E-state index in [1.807, 2.05) is 24.4 Å². The van der Waals surface area contributed by atoms with E-state index in [0.29, 0.717) is 12.0 Å². The van der Waals surface area contributed by atoms with E-state index in [0.717, 1.165) is 18.4 Å². The van der Waals surface area contributed by atoms with Gasteiger partial charge >= 0.3 is 5.97 Å². The molecule has 0 aliphatic carbocycles. The molecule has 0 aromatic heterocycles. The van der Waals surface area contributed by atoms with Gasteiger partial charge in [-0.1, -0.05) is 17.7 Å². The van der Waals surface area contributed by atoms with Gasteiger partial charge in [0.15, 0.2) is 0 Å². The highest BCUT2D eigenvalue weighted by Gasteiger charge is 2.28. The van der Waals surface area contributed by atoms with E-state index in [1.54, 1.807) is 30.3 Å². The summed E-state index contributed by atoms with van der Waals surface area (Å²) in [5.74, 6) is -0.866. The quantitative estimate of drug-likeness (QED) is 0.456. The van der Waals surface area contributed by atoms with Gasteiger partial charge in [0.05, 0.1) is 11.7 Å². The highest BCUT2D eigenvalue weighted by atomic mass is 16.6. The van der Waals surface area contributed by atoms with Crippen LogP contribution in [0.3, 0.4) is 0 Å². The van der Waals surface area contributed by atoms with Gasteiger partial charge in [-0.05, 0) is 31.9 Å². The standard InChI is InChI=1S/C18H22N2O5/c1-13-3-5-14(6-4-13)18(23)24-11-15-7-8-17(25-15)20(2)10-9-16(22)19-12-21/h3-6,9-10,12,15,17H,7-8,11H2,1-2H3,(H,19,21,22)/b10-9-. The summed E-state index contributed by atoms with van der Waals surface area (Å²) in [6.07, 6.45) is 4.25. The molecule has 2 amide bonds. The van der Waals surface area contributed by atoms with Crippen molar-refractivity contribution in [2.45, 2.75) is 32.1 Å². The molecule has 25 heavy (non-hydrogen) atoms. The Bertz CT molecular complexity index is 641. The molecule has 134 valence electrons. The molecule has 1 heterocycles. The molecule has 2 rings (SSSR count). The molecule has 1 aromatic rings. The number of hydrogen-bond acceptors (Lipinski definition) is 6. The summed E-state index contributed by atoms with van der Waals surface area (Å²) in [7, 11) is 1.77. The van der Waals surface area contributed by atoms with E-state index in [-0.39, 0.29) is 24.9 Å². The van der Waals surface area contributed by atoms with Crippen molar-refractivity contribution in [2.75, 3.05) is 13.7 Å². The molecule has 7 heteroatoms. The molecular formula is C18H22N2O5. The zero-order chi connectivity index (χ0) is 18.2. The molecule has 1 aliphatic heterocycles. The molecular weight excluding hydrogens is 324 g/mol. The average molecular weight is 346 g/mol. The molecule has 2 atom stereocenters. The smallest absolute Gasteiger partial charge is 0.338 e. The second kappa shape index (κ2) is 8.98. The van der Waals surface area contributed by atoms with Gasteiger partial charge in [0.1, 0.15) is 12.8 Å².